The summed E-state index contributed by atoms with van der Waals surface area (Å²) >= 11 is 0. The topological polar surface area (TPSA) is 40.5 Å². The zero-order chi connectivity index (χ0) is 4.28. The molecule has 0 fully saturated rings. The summed E-state index contributed by atoms with van der Waals surface area (Å²) in [5.41, 5.74) is 0. The van der Waals surface area contributed by atoms with Gasteiger partial charge >= 0.3 is 0 Å². The molecule has 2 radical (unpaired) electrons. The van der Waals surface area contributed by atoms with Crippen LogP contribution in [0.3, 0.4) is 0 Å². The van der Waals surface area contributed by atoms with Crippen LogP contribution in [-0.2, 0) is 65.4 Å². The minimum atomic E-state index is -0.560. The minimum Gasteiger partial charge on any atom is -0.394 e. The number of hydrogen-bond acceptors (Lipinski definition) is 2. The van der Waals surface area contributed by atoms with Crippen LogP contribution in [0.4, 0.5) is 0 Å². The quantitative estimate of drug-likeness (QED) is 0.653. The standard InChI is InChI=1S/C3H8O2.2Y/c1-3(5)2-4;;/h3-5H,2H2,1H3;;. The molecule has 2 nitrogen and oxygen atoms in total. The maximum absolute atomic E-state index is 8.11. The van der Waals surface area contributed by atoms with Crippen LogP contribution in [-0.4, -0.2) is 22.9 Å². The molecule has 0 saturated heterocycles. The fourth-order valence-corrected chi connectivity index (χ4v) is 0. The van der Waals surface area contributed by atoms with Gasteiger partial charge in [-0.1, -0.05) is 0 Å². The molecule has 2 N–H and O–H groups in total. The summed E-state index contributed by atoms with van der Waals surface area (Å²) in [6, 6.07) is 0. The van der Waals surface area contributed by atoms with E-state index in [0.29, 0.717) is 0 Å². The van der Waals surface area contributed by atoms with E-state index in [0.717, 1.165) is 0 Å². The number of hydrogen-bond donors (Lipinski definition) is 2. The molecule has 1 atom stereocenters. The molecule has 7 heavy (non-hydrogen) atoms. The predicted octanol–water partition coefficient (Wildman–Crippen LogP) is -0.645. The molecular weight excluding hydrogens is 246 g/mol. The van der Waals surface area contributed by atoms with Gasteiger partial charge in [-0.3, -0.25) is 0 Å². The van der Waals surface area contributed by atoms with E-state index in [1.54, 1.807) is 0 Å². The van der Waals surface area contributed by atoms with Crippen LogP contribution in [0.1, 0.15) is 6.92 Å². The predicted molar refractivity (Wildman–Crippen MR) is 18.8 cm³/mol. The molecule has 0 rings (SSSR count). The second kappa shape index (κ2) is 11.0. The minimum absolute atomic E-state index is 0. The summed E-state index contributed by atoms with van der Waals surface area (Å²) in [6.45, 7) is 1.39. The van der Waals surface area contributed by atoms with Crippen molar-refractivity contribution >= 4 is 0 Å². The zero-order valence-corrected chi connectivity index (χ0v) is 10.0. The van der Waals surface area contributed by atoms with Crippen LogP contribution in [0.25, 0.3) is 0 Å². The molecule has 0 saturated carbocycles. The molecule has 0 aromatic rings. The van der Waals surface area contributed by atoms with Crippen molar-refractivity contribution in [2.45, 2.75) is 13.0 Å². The van der Waals surface area contributed by atoms with E-state index < -0.39 is 6.10 Å². The number of aliphatic hydroxyl groups excluding tert-OH is 2. The van der Waals surface area contributed by atoms with Gasteiger partial charge in [0.05, 0.1) is 12.7 Å². The second-order valence-electron chi connectivity index (χ2n) is 1.03. The van der Waals surface area contributed by atoms with Crippen molar-refractivity contribution in [3.8, 4) is 0 Å². The summed E-state index contributed by atoms with van der Waals surface area (Å²) in [5.74, 6) is 0. The van der Waals surface area contributed by atoms with Crippen molar-refractivity contribution in [2.24, 2.45) is 0 Å². The molecule has 0 aromatic heterocycles. The summed E-state index contributed by atoms with van der Waals surface area (Å²) < 4.78 is 0. The number of rotatable bonds is 1. The van der Waals surface area contributed by atoms with Crippen molar-refractivity contribution in [2.75, 3.05) is 6.61 Å². The van der Waals surface area contributed by atoms with E-state index in [1.165, 1.54) is 6.92 Å². The van der Waals surface area contributed by atoms with Crippen LogP contribution in [0.5, 0.6) is 0 Å². The Hall–Kier alpha value is 2.13. The Labute approximate surface area is 93.8 Å². The Kier molecular flexibility index (Phi) is 25.2. The average Bonchev–Trinajstić information content (AvgIpc) is 1.38. The van der Waals surface area contributed by atoms with Crippen molar-refractivity contribution in [1.29, 1.82) is 0 Å². The van der Waals surface area contributed by atoms with Crippen LogP contribution in [0.2, 0.25) is 0 Å². The molecule has 0 spiro atoms. The van der Waals surface area contributed by atoms with Gasteiger partial charge in [0, 0.05) is 65.4 Å². The maximum atomic E-state index is 8.11. The Bertz CT molecular complexity index is 24.9. The molecule has 1 unspecified atom stereocenters. The van der Waals surface area contributed by atoms with E-state index in [9.17, 15) is 0 Å². The van der Waals surface area contributed by atoms with Crippen LogP contribution < -0.4 is 0 Å². The molecule has 0 aliphatic carbocycles. The first-order valence-electron chi connectivity index (χ1n) is 1.56. The van der Waals surface area contributed by atoms with Gasteiger partial charge in [-0.15, -0.1) is 0 Å². The van der Waals surface area contributed by atoms with Crippen LogP contribution >= 0.6 is 0 Å². The monoisotopic (exact) mass is 254 g/mol. The molecule has 0 heterocycles. The van der Waals surface area contributed by atoms with Crippen molar-refractivity contribution in [3.05, 3.63) is 0 Å². The summed E-state index contributed by atoms with van der Waals surface area (Å²) in [4.78, 5) is 0. The van der Waals surface area contributed by atoms with Gasteiger partial charge in [0.25, 0.3) is 0 Å². The first-order valence-corrected chi connectivity index (χ1v) is 1.56. The third kappa shape index (κ3) is 17.9. The van der Waals surface area contributed by atoms with Gasteiger partial charge in [-0.25, -0.2) is 0 Å². The Morgan fingerprint density at radius 2 is 1.57 bits per heavy atom. The van der Waals surface area contributed by atoms with Gasteiger partial charge in [-0.2, -0.15) is 0 Å². The molecule has 38 valence electrons. The van der Waals surface area contributed by atoms with Crippen LogP contribution in [0.15, 0.2) is 0 Å². The van der Waals surface area contributed by atoms with E-state index in [4.69, 9.17) is 10.2 Å². The van der Waals surface area contributed by atoms with Gasteiger partial charge in [0.1, 0.15) is 0 Å². The SMILES string of the molecule is CC(O)CO.[Y].[Y]. The van der Waals surface area contributed by atoms with Crippen molar-refractivity contribution in [1.82, 2.24) is 0 Å². The third-order valence-corrected chi connectivity index (χ3v) is 0.264. The Balaban J connectivity index is -0.0000000800. The normalized spacial score (nSPS) is 10.7. The molecule has 4 heteroatoms. The summed E-state index contributed by atoms with van der Waals surface area (Å²) in [5, 5.41) is 16.0. The molecule has 0 bridgehead atoms. The molecule has 0 amide bonds. The first kappa shape index (κ1) is 16.1. The summed E-state index contributed by atoms with van der Waals surface area (Å²) in [6.07, 6.45) is -0.560. The molecule has 0 aliphatic rings. The van der Waals surface area contributed by atoms with E-state index in [2.05, 4.69) is 0 Å². The van der Waals surface area contributed by atoms with E-state index in [1.807, 2.05) is 0 Å². The average molecular weight is 254 g/mol. The van der Waals surface area contributed by atoms with Gasteiger partial charge in [-0.05, 0) is 6.92 Å². The van der Waals surface area contributed by atoms with E-state index >= 15 is 0 Å². The Morgan fingerprint density at radius 1 is 1.43 bits per heavy atom. The van der Waals surface area contributed by atoms with Gasteiger partial charge < -0.3 is 10.2 Å². The fourth-order valence-electron chi connectivity index (χ4n) is 0. The zero-order valence-electron chi connectivity index (χ0n) is 4.33. The van der Waals surface area contributed by atoms with E-state index in [-0.39, 0.29) is 72.0 Å². The third-order valence-electron chi connectivity index (χ3n) is 0.264. The maximum Gasteiger partial charge on any atom is 0.0742 e. The molecular formula is C3H8O2Y2. The molecule has 0 aliphatic heterocycles. The largest absolute Gasteiger partial charge is 0.394 e. The Morgan fingerprint density at radius 3 is 1.57 bits per heavy atom. The van der Waals surface area contributed by atoms with Gasteiger partial charge in [0.15, 0.2) is 0 Å². The second-order valence-corrected chi connectivity index (χ2v) is 1.03. The van der Waals surface area contributed by atoms with Crippen molar-refractivity contribution < 1.29 is 75.6 Å². The fraction of sp³-hybridized carbons (Fsp3) is 1.00. The first-order chi connectivity index (χ1) is 2.27. The number of aliphatic hydroxyl groups is 2. The van der Waals surface area contributed by atoms with Gasteiger partial charge in [0.2, 0.25) is 0 Å². The molecule has 0 aromatic carbocycles. The van der Waals surface area contributed by atoms with Crippen molar-refractivity contribution in [3.63, 3.8) is 0 Å². The summed E-state index contributed by atoms with van der Waals surface area (Å²) in [7, 11) is 0. The smallest absolute Gasteiger partial charge is 0.0742 e. The van der Waals surface area contributed by atoms with Crippen LogP contribution in [0, 0.1) is 0 Å².